The van der Waals surface area contributed by atoms with E-state index in [4.69, 9.17) is 5.11 Å². The van der Waals surface area contributed by atoms with Crippen molar-refractivity contribution >= 4 is 33.6 Å². The van der Waals surface area contributed by atoms with Crippen LogP contribution in [0.2, 0.25) is 0 Å². The second kappa shape index (κ2) is 6.05. The normalized spacial score (nSPS) is 15.6. The van der Waals surface area contributed by atoms with Crippen molar-refractivity contribution in [3.63, 3.8) is 0 Å². The highest BCUT2D eigenvalue weighted by molar-refractivity contribution is 9.10. The van der Waals surface area contributed by atoms with E-state index in [0.29, 0.717) is 16.9 Å². The lowest BCUT2D eigenvalue weighted by atomic mass is 9.92. The molecule has 0 heterocycles. The summed E-state index contributed by atoms with van der Waals surface area (Å²) in [7, 11) is 0. The second-order valence-electron chi connectivity index (χ2n) is 5.82. The molecule has 6 heteroatoms. The molecular weight excluding hydrogens is 336 g/mol. The van der Waals surface area contributed by atoms with Gasteiger partial charge in [-0.25, -0.2) is 9.59 Å². The Labute approximate surface area is 132 Å². The number of anilines is 1. The molecule has 0 bridgehead atoms. The van der Waals surface area contributed by atoms with Crippen molar-refractivity contribution in [1.82, 2.24) is 5.32 Å². The first-order valence-electron chi connectivity index (χ1n) is 6.92. The summed E-state index contributed by atoms with van der Waals surface area (Å²) < 4.78 is 0.655. The largest absolute Gasteiger partial charge is 0.478 e. The number of urea groups is 1. The minimum atomic E-state index is -1.08. The van der Waals surface area contributed by atoms with E-state index in [-0.39, 0.29) is 22.7 Å². The van der Waals surface area contributed by atoms with Gasteiger partial charge >= 0.3 is 12.0 Å². The van der Waals surface area contributed by atoms with Gasteiger partial charge in [0.15, 0.2) is 0 Å². The first kappa shape index (κ1) is 15.8. The van der Waals surface area contributed by atoms with Crippen molar-refractivity contribution in [3.8, 4) is 0 Å². The molecule has 0 saturated heterocycles. The topological polar surface area (TPSA) is 78.4 Å². The van der Waals surface area contributed by atoms with Gasteiger partial charge in [-0.05, 0) is 42.4 Å². The maximum Gasteiger partial charge on any atom is 0.337 e. The third-order valence-corrected chi connectivity index (χ3v) is 4.67. The van der Waals surface area contributed by atoms with Crippen LogP contribution in [0.25, 0.3) is 0 Å². The van der Waals surface area contributed by atoms with Crippen LogP contribution in [0, 0.1) is 11.3 Å². The van der Waals surface area contributed by atoms with Crippen molar-refractivity contribution in [2.75, 3.05) is 11.9 Å². The number of benzene rings is 1. The molecule has 1 aliphatic carbocycles. The lowest BCUT2D eigenvalue weighted by Gasteiger charge is -2.20. The number of carbonyl (C=O) groups excluding carboxylic acids is 1. The standard InChI is InChI=1S/C15H19BrN2O3/c1-9(2)15(5-6-15)8-17-14(21)18-12-4-3-10(16)7-11(12)13(19)20/h3-4,7,9H,5-6,8H2,1-2H3,(H,19,20)(H2,17,18,21). The van der Waals surface area contributed by atoms with Crippen LogP contribution < -0.4 is 10.6 Å². The van der Waals surface area contributed by atoms with Crippen LogP contribution in [0.1, 0.15) is 37.0 Å². The average molecular weight is 355 g/mol. The third kappa shape index (κ3) is 3.75. The number of rotatable bonds is 5. The summed E-state index contributed by atoms with van der Waals surface area (Å²) in [6.45, 7) is 4.93. The molecule has 0 radical (unpaired) electrons. The van der Waals surface area contributed by atoms with Gasteiger partial charge in [0, 0.05) is 11.0 Å². The second-order valence-corrected chi connectivity index (χ2v) is 6.74. The molecule has 5 nitrogen and oxygen atoms in total. The molecule has 1 fully saturated rings. The van der Waals surface area contributed by atoms with Gasteiger partial charge < -0.3 is 15.7 Å². The summed E-state index contributed by atoms with van der Waals surface area (Å²) in [4.78, 5) is 23.1. The lowest BCUT2D eigenvalue weighted by molar-refractivity contribution is 0.0698. The van der Waals surface area contributed by atoms with Crippen LogP contribution in [-0.4, -0.2) is 23.7 Å². The number of aromatic carboxylic acids is 1. The Hall–Kier alpha value is -1.56. The van der Waals surface area contributed by atoms with Gasteiger partial charge in [0.05, 0.1) is 11.3 Å². The van der Waals surface area contributed by atoms with E-state index in [2.05, 4.69) is 40.4 Å². The van der Waals surface area contributed by atoms with E-state index in [0.717, 1.165) is 12.8 Å². The zero-order chi connectivity index (χ0) is 15.6. The number of carboxylic acid groups (broad SMARTS) is 1. The van der Waals surface area contributed by atoms with Gasteiger partial charge in [0.25, 0.3) is 0 Å². The minimum Gasteiger partial charge on any atom is -0.478 e. The van der Waals surface area contributed by atoms with E-state index < -0.39 is 5.97 Å². The van der Waals surface area contributed by atoms with E-state index in [1.807, 2.05) is 0 Å². The molecule has 114 valence electrons. The molecule has 2 amide bonds. The molecule has 1 saturated carbocycles. The maximum absolute atomic E-state index is 11.9. The zero-order valence-electron chi connectivity index (χ0n) is 12.1. The molecule has 1 aromatic carbocycles. The fourth-order valence-corrected chi connectivity index (χ4v) is 2.71. The maximum atomic E-state index is 11.9. The van der Waals surface area contributed by atoms with Crippen molar-refractivity contribution in [2.45, 2.75) is 26.7 Å². The monoisotopic (exact) mass is 354 g/mol. The Morgan fingerprint density at radius 1 is 1.38 bits per heavy atom. The van der Waals surface area contributed by atoms with Gasteiger partial charge in [0.1, 0.15) is 0 Å². The number of amides is 2. The molecule has 0 atom stereocenters. The van der Waals surface area contributed by atoms with Gasteiger partial charge in [-0.1, -0.05) is 29.8 Å². The molecule has 2 rings (SSSR count). The summed E-state index contributed by atoms with van der Waals surface area (Å²) in [6.07, 6.45) is 2.26. The lowest BCUT2D eigenvalue weighted by Crippen LogP contribution is -2.35. The fourth-order valence-electron chi connectivity index (χ4n) is 2.34. The quantitative estimate of drug-likeness (QED) is 0.754. The van der Waals surface area contributed by atoms with Crippen LogP contribution >= 0.6 is 15.9 Å². The van der Waals surface area contributed by atoms with Crippen LogP contribution in [0.15, 0.2) is 22.7 Å². The Bertz CT molecular complexity index is 568. The van der Waals surface area contributed by atoms with Crippen LogP contribution in [0.3, 0.4) is 0 Å². The third-order valence-electron chi connectivity index (χ3n) is 4.18. The van der Waals surface area contributed by atoms with Crippen molar-refractivity contribution in [3.05, 3.63) is 28.2 Å². The van der Waals surface area contributed by atoms with Gasteiger partial charge in [-0.2, -0.15) is 0 Å². The first-order valence-corrected chi connectivity index (χ1v) is 7.71. The molecule has 0 spiro atoms. The molecule has 3 N–H and O–H groups in total. The summed E-state index contributed by atoms with van der Waals surface area (Å²) in [5.74, 6) is -0.549. The summed E-state index contributed by atoms with van der Waals surface area (Å²) >= 11 is 3.22. The zero-order valence-corrected chi connectivity index (χ0v) is 13.7. The predicted octanol–water partition coefficient (Wildman–Crippen LogP) is 3.71. The van der Waals surface area contributed by atoms with Gasteiger partial charge in [0.2, 0.25) is 0 Å². The van der Waals surface area contributed by atoms with Crippen molar-refractivity contribution < 1.29 is 14.7 Å². The average Bonchev–Trinajstić information content (AvgIpc) is 3.19. The Kier molecular flexibility index (Phi) is 4.56. The van der Waals surface area contributed by atoms with Crippen LogP contribution in [-0.2, 0) is 0 Å². The number of nitrogens with one attached hydrogen (secondary N) is 2. The van der Waals surface area contributed by atoms with Crippen LogP contribution in [0.4, 0.5) is 10.5 Å². The molecule has 0 aromatic heterocycles. The molecular formula is C15H19BrN2O3. The van der Waals surface area contributed by atoms with Crippen molar-refractivity contribution in [2.24, 2.45) is 11.3 Å². The molecule has 21 heavy (non-hydrogen) atoms. The Morgan fingerprint density at radius 3 is 2.57 bits per heavy atom. The highest BCUT2D eigenvalue weighted by Crippen LogP contribution is 2.51. The van der Waals surface area contributed by atoms with Crippen LogP contribution in [0.5, 0.6) is 0 Å². The van der Waals surface area contributed by atoms with Gasteiger partial charge in [-0.3, -0.25) is 0 Å². The van der Waals surface area contributed by atoms with Gasteiger partial charge in [-0.15, -0.1) is 0 Å². The van der Waals surface area contributed by atoms with E-state index in [9.17, 15) is 9.59 Å². The van der Waals surface area contributed by atoms with E-state index in [1.54, 1.807) is 12.1 Å². The summed E-state index contributed by atoms with van der Waals surface area (Å²) in [5.41, 5.74) is 0.564. The molecule has 1 aliphatic rings. The SMILES string of the molecule is CC(C)C1(CNC(=O)Nc2ccc(Br)cc2C(=O)O)CC1. The number of carboxylic acids is 1. The highest BCUT2D eigenvalue weighted by atomic mass is 79.9. The molecule has 0 unspecified atom stereocenters. The number of carbonyl (C=O) groups is 2. The van der Waals surface area contributed by atoms with Crippen molar-refractivity contribution in [1.29, 1.82) is 0 Å². The van der Waals surface area contributed by atoms with E-state index in [1.165, 1.54) is 6.07 Å². The number of hydrogen-bond acceptors (Lipinski definition) is 2. The highest BCUT2D eigenvalue weighted by Gasteiger charge is 2.45. The first-order chi connectivity index (χ1) is 9.84. The summed E-state index contributed by atoms with van der Waals surface area (Å²) in [6, 6.07) is 4.36. The molecule has 0 aliphatic heterocycles. The molecule has 1 aromatic rings. The number of halogens is 1. The smallest absolute Gasteiger partial charge is 0.337 e. The van der Waals surface area contributed by atoms with E-state index >= 15 is 0 Å². The minimum absolute atomic E-state index is 0.0597. The Balaban J connectivity index is 1.99. The fraction of sp³-hybridized carbons (Fsp3) is 0.467. The summed E-state index contributed by atoms with van der Waals surface area (Å²) in [5, 5.41) is 14.6. The Morgan fingerprint density at radius 2 is 2.05 bits per heavy atom. The number of hydrogen-bond donors (Lipinski definition) is 3. The predicted molar refractivity (Wildman–Crippen MR) is 84.6 cm³/mol.